The fourth-order valence-corrected chi connectivity index (χ4v) is 3.53. The van der Waals surface area contributed by atoms with Gasteiger partial charge in [-0.3, -0.25) is 4.55 Å². The molecule has 7 heteroatoms. The number of fused-ring (bicyclic) bond motifs is 1. The molecule has 144 valence electrons. The fraction of sp³-hybridized carbons (Fsp3) is 0.474. The molecule has 0 aliphatic heterocycles. The van der Waals surface area contributed by atoms with Crippen LogP contribution in [0.5, 0.6) is 5.75 Å². The minimum atomic E-state index is -4.35. The predicted molar refractivity (Wildman–Crippen MR) is 103 cm³/mol. The highest BCUT2D eigenvalue weighted by molar-refractivity contribution is 7.83. The standard InChI is InChI=1S/C19H27NO5S/c1-2-3-4-7-13-20(26(22,23)24)14-17(21)15-25-19-12-8-10-16-9-5-6-11-18(16)19/h5-6,8-12,17,21H,2-4,7,13-15H2,1H3,(H,22,23,24)/t17-/m0/s1. The van der Waals surface area contributed by atoms with Crippen LogP contribution in [0.25, 0.3) is 10.8 Å². The molecule has 0 aromatic heterocycles. The van der Waals surface area contributed by atoms with E-state index in [0.29, 0.717) is 12.2 Å². The summed E-state index contributed by atoms with van der Waals surface area (Å²) in [6.07, 6.45) is 2.52. The lowest BCUT2D eigenvalue weighted by atomic mass is 10.1. The molecule has 6 nitrogen and oxygen atoms in total. The first-order valence-electron chi connectivity index (χ1n) is 8.93. The molecule has 0 bridgehead atoms. The quantitative estimate of drug-likeness (QED) is 0.461. The molecular formula is C19H27NO5S. The van der Waals surface area contributed by atoms with Crippen LogP contribution in [0.4, 0.5) is 0 Å². The largest absolute Gasteiger partial charge is 0.490 e. The summed E-state index contributed by atoms with van der Waals surface area (Å²) in [5, 5.41) is 12.1. The maximum absolute atomic E-state index is 11.5. The van der Waals surface area contributed by atoms with Crippen molar-refractivity contribution in [1.29, 1.82) is 0 Å². The van der Waals surface area contributed by atoms with Crippen LogP contribution in [0.1, 0.15) is 32.6 Å². The number of aliphatic hydroxyl groups is 1. The van der Waals surface area contributed by atoms with E-state index < -0.39 is 16.4 Å². The molecular weight excluding hydrogens is 354 g/mol. The van der Waals surface area contributed by atoms with E-state index in [1.165, 1.54) is 0 Å². The number of benzene rings is 2. The molecule has 0 radical (unpaired) electrons. The van der Waals surface area contributed by atoms with Gasteiger partial charge in [0.2, 0.25) is 0 Å². The van der Waals surface area contributed by atoms with Crippen LogP contribution < -0.4 is 4.74 Å². The van der Waals surface area contributed by atoms with Gasteiger partial charge in [-0.1, -0.05) is 62.6 Å². The van der Waals surface area contributed by atoms with E-state index in [1.54, 1.807) is 6.07 Å². The second kappa shape index (κ2) is 9.87. The van der Waals surface area contributed by atoms with E-state index >= 15 is 0 Å². The van der Waals surface area contributed by atoms with Crippen LogP contribution in [-0.4, -0.2) is 48.2 Å². The van der Waals surface area contributed by atoms with E-state index in [2.05, 4.69) is 6.92 Å². The van der Waals surface area contributed by atoms with Crippen molar-refractivity contribution in [2.45, 2.75) is 38.7 Å². The summed E-state index contributed by atoms with van der Waals surface area (Å²) >= 11 is 0. The predicted octanol–water partition coefficient (Wildman–Crippen LogP) is 3.26. The summed E-state index contributed by atoms with van der Waals surface area (Å²) in [6, 6.07) is 13.4. The van der Waals surface area contributed by atoms with Crippen LogP contribution in [-0.2, 0) is 10.3 Å². The van der Waals surface area contributed by atoms with Crippen LogP contribution >= 0.6 is 0 Å². The molecule has 0 spiro atoms. The fourth-order valence-electron chi connectivity index (χ4n) is 2.81. The van der Waals surface area contributed by atoms with Crippen molar-refractivity contribution in [2.24, 2.45) is 0 Å². The lowest BCUT2D eigenvalue weighted by Crippen LogP contribution is -2.40. The van der Waals surface area contributed by atoms with Crippen LogP contribution in [0.15, 0.2) is 42.5 Å². The Morgan fingerprint density at radius 1 is 1.08 bits per heavy atom. The molecule has 0 amide bonds. The molecule has 0 saturated carbocycles. The van der Waals surface area contributed by atoms with Gasteiger partial charge in [0.05, 0.1) is 0 Å². The maximum Gasteiger partial charge on any atom is 0.335 e. The molecule has 26 heavy (non-hydrogen) atoms. The maximum atomic E-state index is 11.5. The van der Waals surface area contributed by atoms with Gasteiger partial charge in [-0.15, -0.1) is 0 Å². The first kappa shape index (κ1) is 20.6. The molecule has 1 atom stereocenters. The van der Waals surface area contributed by atoms with Gasteiger partial charge in [-0.2, -0.15) is 12.7 Å². The summed E-state index contributed by atoms with van der Waals surface area (Å²) in [5.74, 6) is 0.628. The Bertz CT molecular complexity index is 788. The van der Waals surface area contributed by atoms with Gasteiger partial charge in [0.25, 0.3) is 0 Å². The van der Waals surface area contributed by atoms with Gasteiger partial charge in [-0.25, -0.2) is 0 Å². The van der Waals surface area contributed by atoms with Crippen LogP contribution in [0, 0.1) is 0 Å². The molecule has 2 N–H and O–H groups in total. The van der Waals surface area contributed by atoms with E-state index in [1.807, 2.05) is 36.4 Å². The molecule has 0 aliphatic rings. The first-order valence-corrected chi connectivity index (χ1v) is 10.3. The van der Waals surface area contributed by atoms with Gasteiger partial charge in [0, 0.05) is 18.5 Å². The third-order valence-corrected chi connectivity index (χ3v) is 5.17. The number of aliphatic hydroxyl groups excluding tert-OH is 1. The van der Waals surface area contributed by atoms with Gasteiger partial charge in [0.1, 0.15) is 18.5 Å². The Kier molecular flexibility index (Phi) is 7.84. The molecule has 2 aromatic rings. The summed E-state index contributed by atoms with van der Waals surface area (Å²) < 4.78 is 39.0. The van der Waals surface area contributed by atoms with E-state index in [9.17, 15) is 18.1 Å². The molecule has 0 saturated heterocycles. The van der Waals surface area contributed by atoms with Crippen molar-refractivity contribution < 1.29 is 22.8 Å². The molecule has 0 heterocycles. The number of hydrogen-bond donors (Lipinski definition) is 2. The third-order valence-electron chi connectivity index (χ3n) is 4.18. The number of ether oxygens (including phenoxy) is 1. The van der Waals surface area contributed by atoms with Gasteiger partial charge in [-0.05, 0) is 17.9 Å². The summed E-state index contributed by atoms with van der Waals surface area (Å²) in [4.78, 5) is 0. The zero-order chi connectivity index (χ0) is 19.0. The normalized spacial score (nSPS) is 13.2. The van der Waals surface area contributed by atoms with Crippen LogP contribution in [0.2, 0.25) is 0 Å². The SMILES string of the molecule is CCCCCCN(C[C@H](O)COc1cccc2ccccc12)S(=O)(=O)O. The number of rotatable bonds is 11. The number of unbranched alkanes of at least 4 members (excludes halogenated alkanes) is 3. The van der Waals surface area contributed by atoms with Gasteiger partial charge in [0.15, 0.2) is 0 Å². The Morgan fingerprint density at radius 2 is 1.81 bits per heavy atom. The Balaban J connectivity index is 1.93. The van der Waals surface area contributed by atoms with Crippen molar-refractivity contribution in [1.82, 2.24) is 4.31 Å². The first-order chi connectivity index (χ1) is 12.4. The van der Waals surface area contributed by atoms with E-state index in [4.69, 9.17) is 4.74 Å². The zero-order valence-corrected chi connectivity index (χ0v) is 15.9. The van der Waals surface area contributed by atoms with E-state index in [-0.39, 0.29) is 19.7 Å². The van der Waals surface area contributed by atoms with E-state index in [0.717, 1.165) is 34.3 Å². The summed E-state index contributed by atoms with van der Waals surface area (Å²) in [6.45, 7) is 1.99. The lowest BCUT2D eigenvalue weighted by Gasteiger charge is -2.22. The molecule has 0 fully saturated rings. The highest BCUT2D eigenvalue weighted by atomic mass is 32.2. The van der Waals surface area contributed by atoms with Crippen LogP contribution in [0.3, 0.4) is 0 Å². The zero-order valence-electron chi connectivity index (χ0n) is 15.0. The summed E-state index contributed by atoms with van der Waals surface area (Å²) in [7, 11) is -4.35. The highest BCUT2D eigenvalue weighted by Crippen LogP contribution is 2.25. The van der Waals surface area contributed by atoms with Crippen molar-refractivity contribution in [3.05, 3.63) is 42.5 Å². The third kappa shape index (κ3) is 6.25. The number of nitrogens with zero attached hydrogens (tertiary/aromatic N) is 1. The Morgan fingerprint density at radius 3 is 2.54 bits per heavy atom. The average Bonchev–Trinajstić information content (AvgIpc) is 2.61. The van der Waals surface area contributed by atoms with Crippen molar-refractivity contribution in [2.75, 3.05) is 19.7 Å². The molecule has 0 unspecified atom stereocenters. The minimum Gasteiger partial charge on any atom is -0.490 e. The van der Waals surface area contributed by atoms with Crippen molar-refractivity contribution in [3.63, 3.8) is 0 Å². The van der Waals surface area contributed by atoms with Crippen molar-refractivity contribution >= 4 is 21.1 Å². The Labute approximate surface area is 155 Å². The lowest BCUT2D eigenvalue weighted by molar-refractivity contribution is 0.0875. The molecule has 0 aliphatic carbocycles. The van der Waals surface area contributed by atoms with Gasteiger partial charge >= 0.3 is 10.3 Å². The minimum absolute atomic E-state index is 0.0605. The second-order valence-electron chi connectivity index (χ2n) is 6.34. The van der Waals surface area contributed by atoms with Crippen molar-refractivity contribution in [3.8, 4) is 5.75 Å². The second-order valence-corrected chi connectivity index (χ2v) is 7.75. The summed E-state index contributed by atoms with van der Waals surface area (Å²) in [5.41, 5.74) is 0. The monoisotopic (exact) mass is 381 g/mol. The average molecular weight is 381 g/mol. The number of hydrogen-bond acceptors (Lipinski definition) is 4. The molecule has 2 aromatic carbocycles. The smallest absolute Gasteiger partial charge is 0.335 e. The highest BCUT2D eigenvalue weighted by Gasteiger charge is 2.22. The Hall–Kier alpha value is -1.67. The topological polar surface area (TPSA) is 87.1 Å². The molecule has 2 rings (SSSR count). The van der Waals surface area contributed by atoms with Gasteiger partial charge < -0.3 is 9.84 Å².